The summed E-state index contributed by atoms with van der Waals surface area (Å²) in [6, 6.07) is 5.27. The number of halogens is 4. The summed E-state index contributed by atoms with van der Waals surface area (Å²) in [7, 11) is -1.29. The van der Waals surface area contributed by atoms with E-state index in [9.17, 15) is 22.4 Å². The number of thioether (sulfide) groups is 1. The number of anilines is 1. The van der Waals surface area contributed by atoms with Gasteiger partial charge in [0.25, 0.3) is 11.7 Å². The summed E-state index contributed by atoms with van der Waals surface area (Å²) in [6.07, 6.45) is 5.69. The molecular weight excluding hydrogens is 609 g/mol. The van der Waals surface area contributed by atoms with E-state index < -0.39 is 25.5 Å². The lowest BCUT2D eigenvalue weighted by Crippen LogP contribution is -2.38. The summed E-state index contributed by atoms with van der Waals surface area (Å²) >= 11 is 5.18. The Kier molecular flexibility index (Phi) is 11.5. The van der Waals surface area contributed by atoms with Gasteiger partial charge in [-0.3, -0.25) is 9.89 Å². The van der Waals surface area contributed by atoms with Crippen molar-refractivity contribution in [3.8, 4) is 17.0 Å². The number of nitrogens with one attached hydrogen (secondary N) is 2. The third-order valence-electron chi connectivity index (χ3n) is 6.85. The van der Waals surface area contributed by atoms with Crippen LogP contribution < -0.4 is 10.1 Å². The molecule has 0 aliphatic carbocycles. The zero-order valence-electron chi connectivity index (χ0n) is 24.0. The molecule has 15 heteroatoms. The van der Waals surface area contributed by atoms with Gasteiger partial charge in [0.15, 0.2) is 5.65 Å². The van der Waals surface area contributed by atoms with Gasteiger partial charge in [0.2, 0.25) is 0 Å². The summed E-state index contributed by atoms with van der Waals surface area (Å²) in [4.78, 5) is 17.0. The zero-order chi connectivity index (χ0) is 31.2. The lowest BCUT2D eigenvalue weighted by atomic mass is 10.1. The molecule has 0 atom stereocenters. The third kappa shape index (κ3) is 7.86. The highest BCUT2D eigenvalue weighted by Gasteiger charge is 2.39. The lowest BCUT2D eigenvalue weighted by Gasteiger charge is -2.38. The Morgan fingerprint density at radius 3 is 2.31 bits per heavy atom. The summed E-state index contributed by atoms with van der Waals surface area (Å²) in [5, 5.41) is 13.0. The van der Waals surface area contributed by atoms with E-state index in [0.29, 0.717) is 5.65 Å². The first-order valence-corrected chi connectivity index (χ1v) is 17.5. The fraction of sp³-hybridized carbons (Fsp3) is 0.407. The SMILES string of the molecule is CC(C)[Si](S)(C(C)C)C(C)C.O=C(Nc1cn[nH]c1-c1cc(SC(F)F)ccc1OC(F)F)c1cnn2cccnc12. The molecule has 3 heterocycles. The van der Waals surface area contributed by atoms with E-state index in [1.807, 2.05) is 0 Å². The number of amides is 1. The van der Waals surface area contributed by atoms with Crippen molar-refractivity contribution in [2.75, 3.05) is 5.32 Å². The molecule has 0 unspecified atom stereocenters. The number of ether oxygens (including phenoxy) is 1. The van der Waals surface area contributed by atoms with E-state index in [1.54, 1.807) is 12.3 Å². The zero-order valence-corrected chi connectivity index (χ0v) is 26.7. The minimum atomic E-state index is -3.14. The molecule has 8 nitrogen and oxygen atoms in total. The number of carbonyl (C=O) groups is 1. The maximum atomic E-state index is 12.8. The van der Waals surface area contributed by atoms with Crippen LogP contribution in [0.4, 0.5) is 23.2 Å². The van der Waals surface area contributed by atoms with Gasteiger partial charge in [-0.1, -0.05) is 53.3 Å². The standard InChI is InChI=1S/C18H12F4N6O2S.C9H22SSi/c19-17(20)30-13-3-2-9(31-18(21)22)6-10(13)14-12(8-24-27-14)26-16(29)11-7-25-28-5-1-4-23-15(11)28;1-7(2)11(10,8(3)4)9(5)6/h1-8,17-18H,(H,24,27)(H,26,29);7-10H,1-6H3. The minimum Gasteiger partial charge on any atom is -0.434 e. The van der Waals surface area contributed by atoms with Gasteiger partial charge in [0.05, 0.1) is 23.8 Å². The number of hydrogen-bond acceptors (Lipinski definition) is 7. The maximum absolute atomic E-state index is 12.8. The molecule has 0 bridgehead atoms. The number of aromatic amines is 1. The number of thiol groups is 1. The molecule has 0 aliphatic heterocycles. The van der Waals surface area contributed by atoms with Gasteiger partial charge in [-0.15, -0.1) is 0 Å². The highest BCUT2D eigenvalue weighted by atomic mass is 32.3. The fourth-order valence-electron chi connectivity index (χ4n) is 4.84. The van der Waals surface area contributed by atoms with Crippen molar-refractivity contribution >= 4 is 48.3 Å². The van der Waals surface area contributed by atoms with Crippen LogP contribution >= 0.6 is 23.8 Å². The van der Waals surface area contributed by atoms with Crippen molar-refractivity contribution < 1.29 is 27.1 Å². The van der Waals surface area contributed by atoms with Gasteiger partial charge in [-0.05, 0) is 40.9 Å². The second-order valence-corrected chi connectivity index (χ2v) is 19.0. The smallest absolute Gasteiger partial charge is 0.387 e. The van der Waals surface area contributed by atoms with E-state index in [2.05, 4.69) is 71.9 Å². The number of aromatic nitrogens is 5. The van der Waals surface area contributed by atoms with Crippen molar-refractivity contribution in [1.82, 2.24) is 24.8 Å². The molecular formula is C27H34F4N6O2S2Si. The molecule has 1 amide bonds. The number of H-pyrrole nitrogens is 1. The number of fused-ring (bicyclic) bond motifs is 1. The Morgan fingerprint density at radius 1 is 1.07 bits per heavy atom. The average molecular weight is 643 g/mol. The molecule has 0 spiro atoms. The van der Waals surface area contributed by atoms with E-state index in [0.717, 1.165) is 22.7 Å². The largest absolute Gasteiger partial charge is 0.434 e. The van der Waals surface area contributed by atoms with Crippen LogP contribution in [0, 0.1) is 0 Å². The quantitative estimate of drug-likeness (QED) is 0.0696. The van der Waals surface area contributed by atoms with Gasteiger partial charge in [0.1, 0.15) is 18.5 Å². The van der Waals surface area contributed by atoms with Crippen molar-refractivity contribution in [3.63, 3.8) is 0 Å². The molecule has 1 aromatic carbocycles. The average Bonchev–Trinajstić information content (AvgIpc) is 3.55. The van der Waals surface area contributed by atoms with Crippen LogP contribution in [0.1, 0.15) is 51.9 Å². The van der Waals surface area contributed by atoms with Crippen LogP contribution in [0.15, 0.2) is 53.9 Å². The number of nitrogens with zero attached hydrogens (tertiary/aromatic N) is 4. The molecule has 3 aromatic heterocycles. The summed E-state index contributed by atoms with van der Waals surface area (Å²) in [5.41, 5.74) is 3.07. The fourth-order valence-corrected chi connectivity index (χ4v) is 9.38. The highest BCUT2D eigenvalue weighted by Crippen LogP contribution is 2.44. The van der Waals surface area contributed by atoms with Crippen LogP contribution in [0.2, 0.25) is 16.6 Å². The highest BCUT2D eigenvalue weighted by molar-refractivity contribution is 8.15. The lowest BCUT2D eigenvalue weighted by molar-refractivity contribution is -0.0495. The number of rotatable bonds is 10. The molecule has 4 aromatic rings. The van der Waals surface area contributed by atoms with Crippen molar-refractivity contribution in [1.29, 1.82) is 0 Å². The molecule has 4 rings (SSSR count). The number of alkyl halides is 4. The van der Waals surface area contributed by atoms with Crippen LogP contribution in [0.25, 0.3) is 16.9 Å². The predicted octanol–water partition coefficient (Wildman–Crippen LogP) is 8.38. The van der Waals surface area contributed by atoms with Crippen molar-refractivity contribution in [2.24, 2.45) is 0 Å². The molecule has 0 radical (unpaired) electrons. The van der Waals surface area contributed by atoms with Crippen molar-refractivity contribution in [2.45, 2.75) is 75.4 Å². The van der Waals surface area contributed by atoms with E-state index >= 15 is 0 Å². The summed E-state index contributed by atoms with van der Waals surface area (Å²) in [5.74, 6) is -3.56. The molecule has 0 aliphatic rings. The number of benzene rings is 1. The van der Waals surface area contributed by atoms with Gasteiger partial charge in [-0.2, -0.15) is 27.8 Å². The number of hydrogen-bond donors (Lipinski definition) is 3. The van der Waals surface area contributed by atoms with Gasteiger partial charge in [-0.25, -0.2) is 21.6 Å². The Labute approximate surface area is 252 Å². The van der Waals surface area contributed by atoms with Crippen LogP contribution in [-0.4, -0.2) is 50.3 Å². The van der Waals surface area contributed by atoms with Crippen molar-refractivity contribution in [3.05, 3.63) is 54.6 Å². The first-order valence-electron chi connectivity index (χ1n) is 13.1. The predicted molar refractivity (Wildman–Crippen MR) is 163 cm³/mol. The first kappa shape index (κ1) is 33.5. The number of carbonyl (C=O) groups excluding carboxylic acids is 1. The Bertz CT molecular complexity index is 1460. The Hall–Kier alpha value is -3.04. The summed E-state index contributed by atoms with van der Waals surface area (Å²) < 4.78 is 57.1. The van der Waals surface area contributed by atoms with Crippen LogP contribution in [-0.2, 0) is 0 Å². The van der Waals surface area contributed by atoms with E-state index in [4.69, 9.17) is 12.1 Å². The van der Waals surface area contributed by atoms with Crippen LogP contribution in [0.5, 0.6) is 5.75 Å². The van der Waals surface area contributed by atoms with E-state index in [-0.39, 0.29) is 44.9 Å². The van der Waals surface area contributed by atoms with Crippen LogP contribution in [0.3, 0.4) is 0 Å². The molecule has 42 heavy (non-hydrogen) atoms. The molecule has 0 saturated carbocycles. The first-order chi connectivity index (χ1) is 19.7. The van der Waals surface area contributed by atoms with Gasteiger partial charge in [0, 0.05) is 22.9 Å². The third-order valence-corrected chi connectivity index (χ3v) is 17.7. The van der Waals surface area contributed by atoms with Gasteiger partial charge >= 0.3 is 6.61 Å². The minimum absolute atomic E-state index is 0.0248. The topological polar surface area (TPSA) is 97.2 Å². The molecule has 2 N–H and O–H groups in total. The molecule has 228 valence electrons. The second-order valence-electron chi connectivity index (χ2n) is 10.3. The maximum Gasteiger partial charge on any atom is 0.387 e. The summed E-state index contributed by atoms with van der Waals surface area (Å²) in [6.45, 7) is 10.8. The Balaban J connectivity index is 0.000000375. The normalized spacial score (nSPS) is 12.0. The van der Waals surface area contributed by atoms with E-state index in [1.165, 1.54) is 35.2 Å². The Morgan fingerprint density at radius 2 is 1.74 bits per heavy atom. The van der Waals surface area contributed by atoms with Gasteiger partial charge < -0.3 is 10.1 Å². The second kappa shape index (κ2) is 14.4. The monoisotopic (exact) mass is 642 g/mol. The molecule has 0 fully saturated rings. The molecule has 0 saturated heterocycles.